The lowest BCUT2D eigenvalue weighted by Crippen LogP contribution is -2.46. The number of hydrogen-bond acceptors (Lipinski definition) is 4. The van der Waals surface area contributed by atoms with E-state index in [-0.39, 0.29) is 0 Å². The van der Waals surface area contributed by atoms with Crippen molar-refractivity contribution < 1.29 is 0 Å². The summed E-state index contributed by atoms with van der Waals surface area (Å²) >= 11 is 0. The van der Waals surface area contributed by atoms with E-state index in [2.05, 4.69) is 65.3 Å². The fraction of sp³-hybridized carbons (Fsp3) is 0.364. The highest BCUT2D eigenvalue weighted by Crippen LogP contribution is 2.36. The summed E-state index contributed by atoms with van der Waals surface area (Å²) in [6.45, 7) is 6.65. The Morgan fingerprint density at radius 3 is 2.65 bits per heavy atom. The lowest BCUT2D eigenvalue weighted by atomic mass is 9.94. The molecule has 4 nitrogen and oxygen atoms in total. The van der Waals surface area contributed by atoms with Gasteiger partial charge in [-0.25, -0.2) is 4.98 Å². The van der Waals surface area contributed by atoms with E-state index in [0.717, 1.165) is 43.4 Å². The van der Waals surface area contributed by atoms with Crippen LogP contribution in [0.25, 0.3) is 10.9 Å². The van der Waals surface area contributed by atoms with Gasteiger partial charge in [-0.1, -0.05) is 25.1 Å². The van der Waals surface area contributed by atoms with Crippen molar-refractivity contribution in [2.75, 3.05) is 36.0 Å². The van der Waals surface area contributed by atoms with Crippen molar-refractivity contribution in [3.05, 3.63) is 60.4 Å². The molecule has 0 saturated carbocycles. The molecule has 0 bridgehead atoms. The van der Waals surface area contributed by atoms with E-state index in [1.54, 1.807) is 0 Å². The molecule has 2 aliphatic rings. The molecule has 26 heavy (non-hydrogen) atoms. The molecule has 5 rings (SSSR count). The van der Waals surface area contributed by atoms with Gasteiger partial charge in [-0.05, 0) is 42.7 Å². The number of benzene rings is 1. The Bertz CT molecular complexity index is 932. The van der Waals surface area contributed by atoms with Crippen LogP contribution < -0.4 is 9.80 Å². The van der Waals surface area contributed by atoms with E-state index >= 15 is 0 Å². The van der Waals surface area contributed by atoms with Crippen LogP contribution in [0.5, 0.6) is 0 Å². The SMILES string of the molecule is C[C@H]1CCN(c2cccnc2C2CN(c3ccc4ccccc4n3)C2)C1. The van der Waals surface area contributed by atoms with Crippen molar-refractivity contribution in [3.8, 4) is 0 Å². The number of para-hydroxylation sites is 1. The lowest BCUT2D eigenvalue weighted by molar-refractivity contribution is 0.509. The van der Waals surface area contributed by atoms with Crippen LogP contribution in [0.1, 0.15) is 25.0 Å². The second kappa shape index (κ2) is 6.27. The first-order valence-electron chi connectivity index (χ1n) is 9.58. The van der Waals surface area contributed by atoms with Gasteiger partial charge >= 0.3 is 0 Å². The minimum absolute atomic E-state index is 0.496. The summed E-state index contributed by atoms with van der Waals surface area (Å²) in [5, 5.41) is 1.20. The summed E-state index contributed by atoms with van der Waals surface area (Å²) in [5.41, 5.74) is 3.67. The largest absolute Gasteiger partial charge is 0.370 e. The molecule has 2 fully saturated rings. The molecular weight excluding hydrogens is 320 g/mol. The summed E-state index contributed by atoms with van der Waals surface area (Å²) in [5.74, 6) is 2.35. The molecule has 0 radical (unpaired) electrons. The topological polar surface area (TPSA) is 32.3 Å². The molecule has 4 heteroatoms. The van der Waals surface area contributed by atoms with Gasteiger partial charge in [-0.2, -0.15) is 0 Å². The Morgan fingerprint density at radius 1 is 0.923 bits per heavy atom. The quantitative estimate of drug-likeness (QED) is 0.717. The summed E-state index contributed by atoms with van der Waals surface area (Å²) in [6.07, 6.45) is 3.22. The molecule has 2 saturated heterocycles. The van der Waals surface area contributed by atoms with Gasteiger partial charge in [0.05, 0.1) is 16.9 Å². The average molecular weight is 344 g/mol. The maximum Gasteiger partial charge on any atom is 0.129 e. The minimum atomic E-state index is 0.496. The first kappa shape index (κ1) is 15.6. The number of nitrogens with zero attached hydrogens (tertiary/aromatic N) is 4. The third kappa shape index (κ3) is 2.70. The van der Waals surface area contributed by atoms with Gasteiger partial charge in [0.15, 0.2) is 0 Å². The molecule has 3 aromatic rings. The van der Waals surface area contributed by atoms with Crippen molar-refractivity contribution in [2.45, 2.75) is 19.3 Å². The standard InChI is InChI=1S/C22H24N4/c1-16-10-12-25(13-16)20-7-4-11-23-22(20)18-14-26(15-18)21-9-8-17-5-2-3-6-19(17)24-21/h2-9,11,16,18H,10,12-15H2,1H3/t16-/m0/s1. The smallest absolute Gasteiger partial charge is 0.129 e. The fourth-order valence-electron chi connectivity index (χ4n) is 4.21. The zero-order valence-corrected chi connectivity index (χ0v) is 15.2. The molecule has 0 unspecified atom stereocenters. The predicted octanol–water partition coefficient (Wildman–Crippen LogP) is 4.08. The van der Waals surface area contributed by atoms with Gasteiger partial charge in [-0.15, -0.1) is 0 Å². The number of anilines is 2. The number of hydrogen-bond donors (Lipinski definition) is 0. The zero-order valence-electron chi connectivity index (χ0n) is 15.2. The van der Waals surface area contributed by atoms with E-state index < -0.39 is 0 Å². The molecule has 1 atom stereocenters. The summed E-state index contributed by atoms with van der Waals surface area (Å²) in [4.78, 5) is 14.5. The second-order valence-corrected chi connectivity index (χ2v) is 7.71. The number of rotatable bonds is 3. The van der Waals surface area contributed by atoms with Crippen LogP contribution in [0.15, 0.2) is 54.7 Å². The molecule has 0 spiro atoms. The Kier molecular flexibility index (Phi) is 3.77. The van der Waals surface area contributed by atoms with E-state index in [1.807, 2.05) is 6.20 Å². The van der Waals surface area contributed by atoms with Crippen molar-refractivity contribution in [1.29, 1.82) is 0 Å². The average Bonchev–Trinajstić information content (AvgIpc) is 3.07. The van der Waals surface area contributed by atoms with Gasteiger partial charge in [0, 0.05) is 43.7 Å². The minimum Gasteiger partial charge on any atom is -0.370 e. The van der Waals surface area contributed by atoms with Crippen molar-refractivity contribution >= 4 is 22.4 Å². The van der Waals surface area contributed by atoms with Crippen LogP contribution in [0.2, 0.25) is 0 Å². The number of pyridine rings is 2. The van der Waals surface area contributed by atoms with Crippen molar-refractivity contribution in [3.63, 3.8) is 0 Å². The maximum absolute atomic E-state index is 4.83. The summed E-state index contributed by atoms with van der Waals surface area (Å²) in [6, 6.07) is 16.9. The normalized spacial score (nSPS) is 20.6. The van der Waals surface area contributed by atoms with Crippen LogP contribution in [-0.2, 0) is 0 Å². The Morgan fingerprint density at radius 2 is 1.81 bits per heavy atom. The van der Waals surface area contributed by atoms with Gasteiger partial charge in [-0.3, -0.25) is 4.98 Å². The third-order valence-corrected chi connectivity index (χ3v) is 5.76. The molecule has 2 aromatic heterocycles. The highest BCUT2D eigenvalue weighted by molar-refractivity contribution is 5.80. The second-order valence-electron chi connectivity index (χ2n) is 7.71. The van der Waals surface area contributed by atoms with Crippen LogP contribution in [0, 0.1) is 5.92 Å². The van der Waals surface area contributed by atoms with Crippen molar-refractivity contribution in [1.82, 2.24) is 9.97 Å². The molecule has 0 aliphatic carbocycles. The number of fused-ring (bicyclic) bond motifs is 1. The van der Waals surface area contributed by atoms with Crippen molar-refractivity contribution in [2.24, 2.45) is 5.92 Å². The molecule has 132 valence electrons. The summed E-state index contributed by atoms with van der Waals surface area (Å²) in [7, 11) is 0. The highest BCUT2D eigenvalue weighted by Gasteiger charge is 2.33. The third-order valence-electron chi connectivity index (χ3n) is 5.76. The molecule has 0 N–H and O–H groups in total. The Hall–Kier alpha value is -2.62. The van der Waals surface area contributed by atoms with Gasteiger partial charge < -0.3 is 9.80 Å². The van der Waals surface area contributed by atoms with Crippen LogP contribution in [0.3, 0.4) is 0 Å². The molecule has 1 aromatic carbocycles. The van der Waals surface area contributed by atoms with E-state index in [1.165, 1.54) is 23.2 Å². The van der Waals surface area contributed by atoms with Gasteiger partial charge in [0.1, 0.15) is 5.82 Å². The maximum atomic E-state index is 4.83. The predicted molar refractivity (Wildman–Crippen MR) is 107 cm³/mol. The van der Waals surface area contributed by atoms with Crippen LogP contribution in [0.4, 0.5) is 11.5 Å². The Labute approximate surface area is 154 Å². The van der Waals surface area contributed by atoms with Gasteiger partial charge in [0.2, 0.25) is 0 Å². The lowest BCUT2D eigenvalue weighted by Gasteiger charge is -2.41. The molecular formula is C22H24N4. The molecule has 2 aliphatic heterocycles. The van der Waals surface area contributed by atoms with E-state index in [0.29, 0.717) is 5.92 Å². The summed E-state index contributed by atoms with van der Waals surface area (Å²) < 4.78 is 0. The van der Waals surface area contributed by atoms with E-state index in [4.69, 9.17) is 9.97 Å². The van der Waals surface area contributed by atoms with Crippen LogP contribution in [-0.4, -0.2) is 36.1 Å². The highest BCUT2D eigenvalue weighted by atomic mass is 15.2. The van der Waals surface area contributed by atoms with Gasteiger partial charge in [0.25, 0.3) is 0 Å². The molecule has 4 heterocycles. The molecule has 0 amide bonds. The monoisotopic (exact) mass is 344 g/mol. The first-order chi connectivity index (χ1) is 12.8. The zero-order chi connectivity index (χ0) is 17.5. The fourth-order valence-corrected chi connectivity index (χ4v) is 4.21. The Balaban J connectivity index is 1.35. The van der Waals surface area contributed by atoms with E-state index in [9.17, 15) is 0 Å². The van der Waals surface area contributed by atoms with Crippen LogP contribution >= 0.6 is 0 Å². The number of aromatic nitrogens is 2. The first-order valence-corrected chi connectivity index (χ1v) is 9.58.